The van der Waals surface area contributed by atoms with Crippen LogP contribution in [0.2, 0.25) is 0 Å². The van der Waals surface area contributed by atoms with Gasteiger partial charge in [0.15, 0.2) is 0 Å². The van der Waals surface area contributed by atoms with Gasteiger partial charge in [0.25, 0.3) is 0 Å². The molecule has 5 heteroatoms. The van der Waals surface area contributed by atoms with Crippen LogP contribution in [-0.4, -0.2) is 7.11 Å². The molecule has 0 heterocycles. The van der Waals surface area contributed by atoms with Gasteiger partial charge in [-0.05, 0) is 36.4 Å². The number of nitrogens with zero attached hydrogens (tertiary/aromatic N) is 2. The number of benzene rings is 2. The van der Waals surface area contributed by atoms with E-state index in [1.807, 2.05) is 6.07 Å². The van der Waals surface area contributed by atoms with Crippen LogP contribution in [0.15, 0.2) is 36.4 Å². The standard InChI is InChI=1S/C16H13N3O2/c1-20-15-4-2-11(8-17)6-13(15)10-21-16-5-3-14(19)7-12(16)9-18/h2-7H,10,19H2,1H3. The summed E-state index contributed by atoms with van der Waals surface area (Å²) in [6.45, 7) is 0.192. The van der Waals surface area contributed by atoms with E-state index in [2.05, 4.69) is 6.07 Å². The molecule has 2 aromatic carbocycles. The maximum absolute atomic E-state index is 9.07. The topological polar surface area (TPSA) is 92.1 Å². The fraction of sp³-hybridized carbons (Fsp3) is 0.125. The molecule has 2 aromatic rings. The maximum Gasteiger partial charge on any atom is 0.137 e. The Morgan fingerprint density at radius 1 is 1.05 bits per heavy atom. The fourth-order valence-electron chi connectivity index (χ4n) is 1.88. The molecule has 0 saturated carbocycles. The monoisotopic (exact) mass is 279 g/mol. The molecule has 0 amide bonds. The van der Waals surface area contributed by atoms with Crippen molar-refractivity contribution in [2.24, 2.45) is 0 Å². The minimum absolute atomic E-state index is 0.192. The van der Waals surface area contributed by atoms with Gasteiger partial charge in [-0.3, -0.25) is 0 Å². The highest BCUT2D eigenvalue weighted by Crippen LogP contribution is 2.25. The molecule has 5 nitrogen and oxygen atoms in total. The number of nitriles is 2. The van der Waals surface area contributed by atoms with Crippen molar-refractivity contribution in [1.82, 2.24) is 0 Å². The van der Waals surface area contributed by atoms with E-state index in [1.165, 1.54) is 0 Å². The predicted molar refractivity (Wildman–Crippen MR) is 77.6 cm³/mol. The smallest absolute Gasteiger partial charge is 0.137 e. The van der Waals surface area contributed by atoms with Crippen molar-refractivity contribution in [2.75, 3.05) is 12.8 Å². The number of hydrogen-bond acceptors (Lipinski definition) is 5. The Hall–Kier alpha value is -3.18. The molecule has 0 spiro atoms. The summed E-state index contributed by atoms with van der Waals surface area (Å²) in [6, 6.07) is 14.1. The van der Waals surface area contributed by atoms with Crippen molar-refractivity contribution in [3.63, 3.8) is 0 Å². The van der Waals surface area contributed by atoms with E-state index in [4.69, 9.17) is 25.7 Å². The van der Waals surface area contributed by atoms with Gasteiger partial charge >= 0.3 is 0 Å². The van der Waals surface area contributed by atoms with E-state index < -0.39 is 0 Å². The van der Waals surface area contributed by atoms with Crippen LogP contribution in [0.1, 0.15) is 16.7 Å². The van der Waals surface area contributed by atoms with Gasteiger partial charge in [0.05, 0.1) is 24.3 Å². The van der Waals surface area contributed by atoms with Gasteiger partial charge in [0, 0.05) is 11.3 Å². The summed E-state index contributed by atoms with van der Waals surface area (Å²) in [5.41, 5.74) is 7.75. The third kappa shape index (κ3) is 3.23. The van der Waals surface area contributed by atoms with Crippen molar-refractivity contribution in [3.05, 3.63) is 53.1 Å². The number of anilines is 1. The second kappa shape index (κ2) is 6.31. The molecule has 0 radical (unpaired) electrons. The Morgan fingerprint density at radius 3 is 2.48 bits per heavy atom. The van der Waals surface area contributed by atoms with Crippen molar-refractivity contribution >= 4 is 5.69 Å². The molecule has 0 fully saturated rings. The zero-order chi connectivity index (χ0) is 15.2. The maximum atomic E-state index is 9.07. The zero-order valence-corrected chi connectivity index (χ0v) is 11.5. The number of nitrogens with two attached hydrogens (primary N) is 1. The zero-order valence-electron chi connectivity index (χ0n) is 11.5. The van der Waals surface area contributed by atoms with E-state index in [0.29, 0.717) is 28.3 Å². The lowest BCUT2D eigenvalue weighted by Crippen LogP contribution is -2.01. The van der Waals surface area contributed by atoms with Crippen molar-refractivity contribution < 1.29 is 9.47 Å². The summed E-state index contributed by atoms with van der Waals surface area (Å²) < 4.78 is 10.9. The Labute approximate surface area is 122 Å². The average Bonchev–Trinajstić information content (AvgIpc) is 2.53. The first-order chi connectivity index (χ1) is 10.2. The summed E-state index contributed by atoms with van der Waals surface area (Å²) in [6.07, 6.45) is 0. The van der Waals surface area contributed by atoms with Gasteiger partial charge in [0.1, 0.15) is 24.2 Å². The Kier molecular flexibility index (Phi) is 4.28. The number of hydrogen-bond donors (Lipinski definition) is 1. The van der Waals surface area contributed by atoms with Gasteiger partial charge in [-0.1, -0.05) is 0 Å². The van der Waals surface area contributed by atoms with Crippen molar-refractivity contribution in [2.45, 2.75) is 6.61 Å². The van der Waals surface area contributed by atoms with E-state index in [0.717, 1.165) is 5.56 Å². The van der Waals surface area contributed by atoms with Crippen LogP contribution in [0.3, 0.4) is 0 Å². The number of ether oxygens (including phenoxy) is 2. The normalized spacial score (nSPS) is 9.48. The van der Waals surface area contributed by atoms with Crippen LogP contribution in [-0.2, 0) is 6.61 Å². The molecule has 0 bridgehead atoms. The van der Waals surface area contributed by atoms with E-state index in [1.54, 1.807) is 43.5 Å². The molecule has 0 aliphatic rings. The van der Waals surface area contributed by atoms with E-state index >= 15 is 0 Å². The molecular formula is C16H13N3O2. The number of nitrogen functional groups attached to an aromatic ring is 1. The van der Waals surface area contributed by atoms with Crippen molar-refractivity contribution in [1.29, 1.82) is 10.5 Å². The second-order valence-electron chi connectivity index (χ2n) is 4.29. The second-order valence-corrected chi connectivity index (χ2v) is 4.29. The first kappa shape index (κ1) is 14.2. The fourth-order valence-corrected chi connectivity index (χ4v) is 1.88. The first-order valence-corrected chi connectivity index (χ1v) is 6.17. The summed E-state index contributed by atoms with van der Waals surface area (Å²) in [5.74, 6) is 1.07. The predicted octanol–water partition coefficient (Wildman–Crippen LogP) is 2.60. The summed E-state index contributed by atoms with van der Waals surface area (Å²) in [4.78, 5) is 0. The number of methoxy groups -OCH3 is 1. The van der Waals surface area contributed by atoms with E-state index in [9.17, 15) is 0 Å². The summed E-state index contributed by atoms with van der Waals surface area (Å²) in [5, 5.41) is 18.0. The van der Waals surface area contributed by atoms with Gasteiger partial charge in [-0.25, -0.2) is 0 Å². The van der Waals surface area contributed by atoms with Crippen LogP contribution >= 0.6 is 0 Å². The van der Waals surface area contributed by atoms with Crippen LogP contribution in [0.25, 0.3) is 0 Å². The van der Waals surface area contributed by atoms with Crippen LogP contribution < -0.4 is 15.2 Å². The molecule has 2 rings (SSSR count). The van der Waals surface area contributed by atoms with Gasteiger partial charge in [0.2, 0.25) is 0 Å². The molecular weight excluding hydrogens is 266 g/mol. The minimum Gasteiger partial charge on any atom is -0.496 e. The largest absolute Gasteiger partial charge is 0.496 e. The van der Waals surface area contributed by atoms with Crippen molar-refractivity contribution in [3.8, 4) is 23.6 Å². The average molecular weight is 279 g/mol. The highest BCUT2D eigenvalue weighted by Gasteiger charge is 2.08. The molecule has 0 aliphatic heterocycles. The summed E-state index contributed by atoms with van der Waals surface area (Å²) in [7, 11) is 1.55. The molecule has 2 N–H and O–H groups in total. The summed E-state index contributed by atoms with van der Waals surface area (Å²) >= 11 is 0. The lowest BCUT2D eigenvalue weighted by molar-refractivity contribution is 0.296. The molecule has 0 aromatic heterocycles. The highest BCUT2D eigenvalue weighted by molar-refractivity contribution is 5.53. The van der Waals surface area contributed by atoms with E-state index in [-0.39, 0.29) is 6.61 Å². The Morgan fingerprint density at radius 2 is 1.81 bits per heavy atom. The Balaban J connectivity index is 2.24. The highest BCUT2D eigenvalue weighted by atomic mass is 16.5. The minimum atomic E-state index is 0.192. The molecule has 0 unspecified atom stereocenters. The third-order valence-electron chi connectivity index (χ3n) is 2.92. The third-order valence-corrected chi connectivity index (χ3v) is 2.92. The van der Waals surface area contributed by atoms with Gasteiger partial charge < -0.3 is 15.2 Å². The molecule has 21 heavy (non-hydrogen) atoms. The van der Waals surface area contributed by atoms with Crippen LogP contribution in [0.5, 0.6) is 11.5 Å². The Bertz CT molecular complexity index is 742. The molecule has 0 saturated heterocycles. The van der Waals surface area contributed by atoms with Crippen LogP contribution in [0.4, 0.5) is 5.69 Å². The first-order valence-electron chi connectivity index (χ1n) is 6.17. The molecule has 0 atom stereocenters. The SMILES string of the molecule is COc1ccc(C#N)cc1COc1ccc(N)cc1C#N. The number of rotatable bonds is 4. The van der Waals surface area contributed by atoms with Gasteiger partial charge in [-0.2, -0.15) is 10.5 Å². The molecule has 0 aliphatic carbocycles. The van der Waals surface area contributed by atoms with Crippen LogP contribution in [0, 0.1) is 22.7 Å². The van der Waals surface area contributed by atoms with Gasteiger partial charge in [-0.15, -0.1) is 0 Å². The molecule has 104 valence electrons. The lowest BCUT2D eigenvalue weighted by Gasteiger charge is -2.11. The quantitative estimate of drug-likeness (QED) is 0.868. The lowest BCUT2D eigenvalue weighted by atomic mass is 10.1.